The molecule has 1 heterocycles. The summed E-state index contributed by atoms with van der Waals surface area (Å²) in [6.45, 7) is -2.33. The van der Waals surface area contributed by atoms with Crippen molar-refractivity contribution in [2.75, 3.05) is 13.1 Å². The van der Waals surface area contributed by atoms with E-state index in [-0.39, 0.29) is 4.31 Å². The van der Waals surface area contributed by atoms with Crippen molar-refractivity contribution in [3.05, 3.63) is 29.6 Å². The van der Waals surface area contributed by atoms with Gasteiger partial charge in [-0.1, -0.05) is 0 Å². The van der Waals surface area contributed by atoms with Crippen LogP contribution in [0.3, 0.4) is 0 Å². The molecule has 0 radical (unpaired) electrons. The summed E-state index contributed by atoms with van der Waals surface area (Å²) in [5, 5.41) is 8.83. The van der Waals surface area contributed by atoms with E-state index in [1.807, 2.05) is 0 Å². The smallest absolute Gasteiger partial charge is 0.393 e. The number of rotatable bonds is 3. The summed E-state index contributed by atoms with van der Waals surface area (Å²) < 4.78 is 103. The van der Waals surface area contributed by atoms with E-state index in [9.17, 15) is 39.6 Å². The summed E-state index contributed by atoms with van der Waals surface area (Å²) in [7, 11) is -4.98. The fraction of sp³-hybridized carbons (Fsp3) is 0.417. The van der Waals surface area contributed by atoms with E-state index in [0.29, 0.717) is 12.1 Å². The zero-order chi connectivity index (χ0) is 18.4. The van der Waals surface area contributed by atoms with Crippen LogP contribution in [0, 0.1) is 29.3 Å². The zero-order valence-electron chi connectivity index (χ0n) is 11.5. The van der Waals surface area contributed by atoms with Crippen molar-refractivity contribution in [1.82, 2.24) is 4.31 Å². The van der Waals surface area contributed by atoms with Gasteiger partial charge in [-0.3, -0.25) is 4.79 Å². The minimum atomic E-state index is -5.00. The Balaban J connectivity index is 2.45. The number of nitrogens with zero attached hydrogens (tertiary/aromatic N) is 1. The van der Waals surface area contributed by atoms with Crippen LogP contribution in [0.4, 0.5) is 26.3 Å². The molecule has 2 atom stereocenters. The predicted octanol–water partition coefficient (Wildman–Crippen LogP) is 1.99. The number of hydrogen-bond acceptors (Lipinski definition) is 3. The number of halogens is 6. The van der Waals surface area contributed by atoms with Crippen LogP contribution >= 0.6 is 0 Å². The van der Waals surface area contributed by atoms with E-state index >= 15 is 0 Å². The molecule has 1 aliphatic rings. The van der Waals surface area contributed by atoms with Gasteiger partial charge < -0.3 is 5.11 Å². The molecule has 0 spiro atoms. The van der Waals surface area contributed by atoms with Gasteiger partial charge in [-0.2, -0.15) is 17.5 Å². The molecule has 0 unspecified atom stereocenters. The van der Waals surface area contributed by atoms with Crippen LogP contribution in [0.1, 0.15) is 0 Å². The average molecular weight is 377 g/mol. The van der Waals surface area contributed by atoms with Gasteiger partial charge in [-0.25, -0.2) is 21.6 Å². The molecule has 1 N–H and O–H groups in total. The molecule has 12 heteroatoms. The first-order valence-electron chi connectivity index (χ1n) is 6.30. The number of carboxylic acid groups (broad SMARTS) is 1. The molecule has 1 aliphatic heterocycles. The number of hydrogen-bond donors (Lipinski definition) is 1. The Morgan fingerprint density at radius 1 is 1.12 bits per heavy atom. The highest BCUT2D eigenvalue weighted by atomic mass is 32.2. The SMILES string of the molecule is O=C(O)[C@@H]1CN(S(=O)(=O)c2ccc(F)c(F)c2F)C[C@H]1C(F)(F)F. The summed E-state index contributed by atoms with van der Waals surface area (Å²) in [4.78, 5) is 9.56. The molecule has 0 saturated carbocycles. The van der Waals surface area contributed by atoms with Gasteiger partial charge in [0.2, 0.25) is 10.0 Å². The standard InChI is InChI=1S/C12H9F6NO4S/c13-7-1-2-8(10(15)9(7)14)24(22,23)19-3-5(11(20)21)6(4-19)12(16,17)18/h1-2,5-6H,3-4H2,(H,20,21)/t5-,6-/m1/s1. The molecular formula is C12H9F6NO4S. The first-order chi connectivity index (χ1) is 10.9. The highest BCUT2D eigenvalue weighted by Gasteiger charge is 2.55. The Morgan fingerprint density at radius 2 is 1.71 bits per heavy atom. The molecule has 1 aromatic rings. The Morgan fingerprint density at radius 3 is 2.17 bits per heavy atom. The molecule has 1 aromatic carbocycles. The van der Waals surface area contributed by atoms with Crippen molar-refractivity contribution in [3.8, 4) is 0 Å². The van der Waals surface area contributed by atoms with Crippen LogP contribution in [0.15, 0.2) is 17.0 Å². The van der Waals surface area contributed by atoms with E-state index in [4.69, 9.17) is 5.11 Å². The molecule has 0 aliphatic carbocycles. The van der Waals surface area contributed by atoms with Gasteiger partial charge in [0, 0.05) is 13.1 Å². The molecular weight excluding hydrogens is 368 g/mol. The Kier molecular flexibility index (Phi) is 4.57. The largest absolute Gasteiger partial charge is 0.481 e. The van der Waals surface area contributed by atoms with Gasteiger partial charge in [0.15, 0.2) is 17.5 Å². The quantitative estimate of drug-likeness (QED) is 0.646. The predicted molar refractivity (Wildman–Crippen MR) is 65.7 cm³/mol. The van der Waals surface area contributed by atoms with E-state index in [1.165, 1.54) is 0 Å². The van der Waals surface area contributed by atoms with Gasteiger partial charge >= 0.3 is 12.1 Å². The maximum absolute atomic E-state index is 13.6. The molecule has 2 rings (SSSR count). The highest BCUT2D eigenvalue weighted by Crippen LogP contribution is 2.40. The van der Waals surface area contributed by atoms with Crippen LogP contribution in [0.5, 0.6) is 0 Å². The number of benzene rings is 1. The number of carbonyl (C=O) groups is 1. The first kappa shape index (κ1) is 18.5. The van der Waals surface area contributed by atoms with Crippen molar-refractivity contribution in [2.24, 2.45) is 11.8 Å². The molecule has 0 bridgehead atoms. The summed E-state index contributed by atoms with van der Waals surface area (Å²) in [5.74, 6) is -12.3. The van der Waals surface area contributed by atoms with Gasteiger partial charge in [0.25, 0.3) is 0 Å². The summed E-state index contributed by atoms with van der Waals surface area (Å²) in [6.07, 6.45) is -5.00. The minimum Gasteiger partial charge on any atom is -0.481 e. The minimum absolute atomic E-state index is 0.0969. The van der Waals surface area contributed by atoms with Crippen molar-refractivity contribution in [1.29, 1.82) is 0 Å². The third-order valence-corrected chi connectivity index (χ3v) is 5.49. The third kappa shape index (κ3) is 3.07. The molecule has 5 nitrogen and oxygen atoms in total. The Bertz CT molecular complexity index is 778. The maximum atomic E-state index is 13.6. The van der Waals surface area contributed by atoms with Gasteiger partial charge in [-0.15, -0.1) is 0 Å². The second-order valence-electron chi connectivity index (χ2n) is 5.09. The van der Waals surface area contributed by atoms with E-state index in [2.05, 4.69) is 0 Å². The molecule has 0 aromatic heterocycles. The molecule has 24 heavy (non-hydrogen) atoms. The fourth-order valence-electron chi connectivity index (χ4n) is 2.39. The van der Waals surface area contributed by atoms with Crippen LogP contribution in [0.25, 0.3) is 0 Å². The van der Waals surface area contributed by atoms with Crippen LogP contribution in [-0.4, -0.2) is 43.1 Å². The molecule has 134 valence electrons. The van der Waals surface area contributed by atoms with Crippen molar-refractivity contribution in [2.45, 2.75) is 11.1 Å². The lowest BCUT2D eigenvalue weighted by Gasteiger charge is -2.18. The maximum Gasteiger partial charge on any atom is 0.393 e. The summed E-state index contributed by atoms with van der Waals surface area (Å²) >= 11 is 0. The number of carboxylic acids is 1. The summed E-state index contributed by atoms with van der Waals surface area (Å²) in [6, 6.07) is 0.664. The Hall–Kier alpha value is -1.82. The monoisotopic (exact) mass is 377 g/mol. The topological polar surface area (TPSA) is 74.7 Å². The van der Waals surface area contributed by atoms with E-state index < -0.39 is 69.4 Å². The zero-order valence-corrected chi connectivity index (χ0v) is 12.3. The second-order valence-corrected chi connectivity index (χ2v) is 6.99. The van der Waals surface area contributed by atoms with Crippen molar-refractivity contribution in [3.63, 3.8) is 0 Å². The van der Waals surface area contributed by atoms with E-state index in [0.717, 1.165) is 0 Å². The molecule has 1 fully saturated rings. The number of sulfonamides is 1. The number of alkyl halides is 3. The average Bonchev–Trinajstić information content (AvgIpc) is 2.90. The van der Waals surface area contributed by atoms with Crippen molar-refractivity contribution < 1.29 is 44.7 Å². The highest BCUT2D eigenvalue weighted by molar-refractivity contribution is 7.89. The molecule has 1 saturated heterocycles. The fourth-order valence-corrected chi connectivity index (χ4v) is 3.94. The third-order valence-electron chi connectivity index (χ3n) is 3.64. The number of aliphatic carboxylic acids is 1. The lowest BCUT2D eigenvalue weighted by atomic mass is 9.96. The van der Waals surface area contributed by atoms with Gasteiger partial charge in [0.1, 0.15) is 4.90 Å². The Labute approximate surface area is 131 Å². The van der Waals surface area contributed by atoms with Crippen molar-refractivity contribution >= 4 is 16.0 Å². The summed E-state index contributed by atoms with van der Waals surface area (Å²) in [5.41, 5.74) is 0. The van der Waals surface area contributed by atoms with Crippen LogP contribution in [0.2, 0.25) is 0 Å². The van der Waals surface area contributed by atoms with Gasteiger partial charge in [-0.05, 0) is 12.1 Å². The normalized spacial score (nSPS) is 22.8. The van der Waals surface area contributed by atoms with Crippen LogP contribution < -0.4 is 0 Å². The second kappa shape index (κ2) is 5.92. The lowest BCUT2D eigenvalue weighted by Crippen LogP contribution is -2.34. The van der Waals surface area contributed by atoms with Gasteiger partial charge in [0.05, 0.1) is 11.8 Å². The molecule has 0 amide bonds. The van der Waals surface area contributed by atoms with Crippen LogP contribution in [-0.2, 0) is 14.8 Å². The van der Waals surface area contributed by atoms with E-state index in [1.54, 1.807) is 0 Å². The lowest BCUT2D eigenvalue weighted by molar-refractivity contribution is -0.187. The first-order valence-corrected chi connectivity index (χ1v) is 7.74.